The van der Waals surface area contributed by atoms with E-state index in [9.17, 15) is 10.2 Å². The normalized spacial score (nSPS) is 49.2. The van der Waals surface area contributed by atoms with Crippen molar-refractivity contribution in [3.63, 3.8) is 0 Å². The van der Waals surface area contributed by atoms with Gasteiger partial charge in [0.2, 0.25) is 0 Å². The Hall–Kier alpha value is 0.610. The summed E-state index contributed by atoms with van der Waals surface area (Å²) in [6.45, 7) is 1.70. The Kier molecular flexibility index (Phi) is 2.60. The fourth-order valence-electron chi connectivity index (χ4n) is 2.19. The van der Waals surface area contributed by atoms with Crippen molar-refractivity contribution in [2.24, 2.45) is 0 Å². The Morgan fingerprint density at radius 2 is 2.08 bits per heavy atom. The van der Waals surface area contributed by atoms with Crippen LogP contribution in [0, 0.1) is 0 Å². The van der Waals surface area contributed by atoms with Gasteiger partial charge in [0.15, 0.2) is 0 Å². The predicted octanol–water partition coefficient (Wildman–Crippen LogP) is -0.0102. The van der Waals surface area contributed by atoms with Gasteiger partial charge in [0.05, 0.1) is 12.2 Å². The van der Waals surface area contributed by atoms with E-state index in [1.54, 1.807) is 0 Å². The van der Waals surface area contributed by atoms with Gasteiger partial charge in [-0.3, -0.25) is 4.90 Å². The van der Waals surface area contributed by atoms with Gasteiger partial charge in [0, 0.05) is 16.5 Å². The molecule has 2 aliphatic rings. The lowest BCUT2D eigenvalue weighted by Gasteiger charge is -2.33. The van der Waals surface area contributed by atoms with Crippen LogP contribution in [-0.2, 0) is 0 Å². The van der Waals surface area contributed by atoms with Crippen molar-refractivity contribution in [2.45, 2.75) is 35.0 Å². The van der Waals surface area contributed by atoms with Gasteiger partial charge in [-0.05, 0) is 19.4 Å². The molecule has 2 heterocycles. The third-order valence-corrected chi connectivity index (χ3v) is 4.04. The lowest BCUT2D eigenvalue weighted by molar-refractivity contribution is 0.0329. The van der Waals surface area contributed by atoms with Crippen LogP contribution >= 0.6 is 22.6 Å². The highest BCUT2D eigenvalue weighted by molar-refractivity contribution is 14.1. The van der Waals surface area contributed by atoms with E-state index in [-0.39, 0.29) is 6.04 Å². The molecular weight excluding hydrogens is 269 g/mol. The first-order valence-corrected chi connectivity index (χ1v) is 5.67. The van der Waals surface area contributed by atoms with Crippen molar-refractivity contribution < 1.29 is 10.2 Å². The zero-order valence-corrected chi connectivity index (χ0v) is 9.01. The number of hydrogen-bond donors (Lipinski definition) is 2. The van der Waals surface area contributed by atoms with Gasteiger partial charge in [-0.15, -0.1) is 0 Å². The molecule has 70 valence electrons. The van der Waals surface area contributed by atoms with E-state index >= 15 is 0 Å². The van der Waals surface area contributed by atoms with E-state index < -0.39 is 12.2 Å². The van der Waals surface area contributed by atoms with Crippen molar-refractivity contribution >= 4 is 22.6 Å². The second-order valence-corrected chi connectivity index (χ2v) is 5.50. The molecule has 0 aliphatic carbocycles. The zero-order chi connectivity index (χ0) is 8.72. The Morgan fingerprint density at radius 1 is 1.33 bits per heavy atom. The number of nitrogens with zero attached hydrogens (tertiary/aromatic N) is 1. The number of alkyl halides is 1. The second-order valence-electron chi connectivity index (χ2n) is 3.74. The van der Waals surface area contributed by atoms with Crippen molar-refractivity contribution in [1.29, 1.82) is 0 Å². The fourth-order valence-corrected chi connectivity index (χ4v) is 2.99. The molecule has 0 aromatic rings. The highest BCUT2D eigenvalue weighted by Gasteiger charge is 2.42. The standard InChI is InChI=1S/C8H14INO2/c9-5-1-2-10-4-7(11)8(12)6(10)3-5/h5-8,11-12H,1-4H2/t5-,6-,7-,8-/m1/s1. The van der Waals surface area contributed by atoms with Gasteiger partial charge in [-0.2, -0.15) is 0 Å². The minimum atomic E-state index is -0.517. The molecule has 4 atom stereocenters. The summed E-state index contributed by atoms with van der Waals surface area (Å²) in [4.78, 5) is 2.21. The molecule has 2 N–H and O–H groups in total. The first-order chi connectivity index (χ1) is 5.68. The van der Waals surface area contributed by atoms with Crippen LogP contribution in [-0.4, -0.2) is 50.4 Å². The third-order valence-electron chi connectivity index (χ3n) is 2.91. The second kappa shape index (κ2) is 3.40. The molecule has 4 heteroatoms. The van der Waals surface area contributed by atoms with Crippen LogP contribution < -0.4 is 0 Å². The molecule has 0 aromatic heterocycles. The van der Waals surface area contributed by atoms with E-state index in [1.807, 2.05) is 0 Å². The molecule has 0 unspecified atom stereocenters. The Labute approximate surface area is 85.9 Å². The van der Waals surface area contributed by atoms with Crippen LogP contribution in [0.1, 0.15) is 12.8 Å². The number of hydrogen-bond acceptors (Lipinski definition) is 3. The van der Waals surface area contributed by atoms with Gasteiger partial charge in [-0.25, -0.2) is 0 Å². The lowest BCUT2D eigenvalue weighted by Crippen LogP contribution is -2.42. The van der Waals surface area contributed by atoms with Crippen LogP contribution in [0.5, 0.6) is 0 Å². The van der Waals surface area contributed by atoms with Crippen LogP contribution in [0.15, 0.2) is 0 Å². The first kappa shape index (κ1) is 9.18. The summed E-state index contributed by atoms with van der Waals surface area (Å²) in [6.07, 6.45) is 1.19. The molecule has 0 aromatic carbocycles. The lowest BCUT2D eigenvalue weighted by atomic mass is 10.0. The highest BCUT2D eigenvalue weighted by Crippen LogP contribution is 2.30. The molecule has 0 bridgehead atoms. The van der Waals surface area contributed by atoms with E-state index in [4.69, 9.17) is 0 Å². The molecule has 2 aliphatic heterocycles. The van der Waals surface area contributed by atoms with Gasteiger partial charge in [-0.1, -0.05) is 22.6 Å². The maximum absolute atomic E-state index is 9.62. The molecular formula is C8H14INO2. The number of halogens is 1. The smallest absolute Gasteiger partial charge is 0.0966 e. The average molecular weight is 283 g/mol. The zero-order valence-electron chi connectivity index (χ0n) is 6.86. The molecule has 0 spiro atoms. The molecule has 2 fully saturated rings. The highest BCUT2D eigenvalue weighted by atomic mass is 127. The summed E-state index contributed by atoms with van der Waals surface area (Å²) < 4.78 is 0.670. The monoisotopic (exact) mass is 283 g/mol. The Morgan fingerprint density at radius 3 is 2.83 bits per heavy atom. The Bertz CT molecular complexity index is 178. The van der Waals surface area contributed by atoms with Crippen molar-refractivity contribution in [1.82, 2.24) is 4.90 Å². The molecule has 3 nitrogen and oxygen atoms in total. The van der Waals surface area contributed by atoms with Crippen LogP contribution in [0.2, 0.25) is 0 Å². The molecule has 2 saturated heterocycles. The fraction of sp³-hybridized carbons (Fsp3) is 1.00. The number of rotatable bonds is 0. The number of aliphatic hydroxyl groups excluding tert-OH is 2. The van der Waals surface area contributed by atoms with Crippen molar-refractivity contribution in [2.75, 3.05) is 13.1 Å². The molecule has 0 radical (unpaired) electrons. The van der Waals surface area contributed by atoms with Crippen molar-refractivity contribution in [3.05, 3.63) is 0 Å². The average Bonchev–Trinajstić information content (AvgIpc) is 2.31. The first-order valence-electron chi connectivity index (χ1n) is 4.42. The molecule has 12 heavy (non-hydrogen) atoms. The minimum Gasteiger partial charge on any atom is -0.389 e. The minimum absolute atomic E-state index is 0.218. The van der Waals surface area contributed by atoms with Crippen molar-refractivity contribution in [3.8, 4) is 0 Å². The Balaban J connectivity index is 2.05. The molecule has 0 saturated carbocycles. The summed E-state index contributed by atoms with van der Waals surface area (Å²) in [5.41, 5.74) is 0. The summed E-state index contributed by atoms with van der Waals surface area (Å²) in [5, 5.41) is 19.0. The van der Waals surface area contributed by atoms with Gasteiger partial charge >= 0.3 is 0 Å². The van der Waals surface area contributed by atoms with E-state index in [2.05, 4.69) is 27.5 Å². The van der Waals surface area contributed by atoms with Gasteiger partial charge < -0.3 is 10.2 Å². The SMILES string of the molecule is O[C@H]1[C@H](O)CN2CC[C@@H](I)C[C@H]12. The number of piperidine rings is 1. The van der Waals surface area contributed by atoms with E-state index in [0.717, 1.165) is 13.0 Å². The molecule has 2 rings (SSSR count). The summed E-state index contributed by atoms with van der Waals surface area (Å²) in [5.74, 6) is 0. The number of fused-ring (bicyclic) bond motifs is 1. The van der Waals surface area contributed by atoms with E-state index in [0.29, 0.717) is 10.5 Å². The maximum Gasteiger partial charge on any atom is 0.0966 e. The summed E-state index contributed by atoms with van der Waals surface area (Å²) in [6, 6.07) is 0.218. The third kappa shape index (κ3) is 1.49. The van der Waals surface area contributed by atoms with Crippen LogP contribution in [0.25, 0.3) is 0 Å². The van der Waals surface area contributed by atoms with E-state index in [1.165, 1.54) is 6.42 Å². The summed E-state index contributed by atoms with van der Waals surface area (Å²) >= 11 is 2.43. The van der Waals surface area contributed by atoms with Gasteiger partial charge in [0.25, 0.3) is 0 Å². The topological polar surface area (TPSA) is 43.7 Å². The van der Waals surface area contributed by atoms with Gasteiger partial charge in [0.1, 0.15) is 0 Å². The predicted molar refractivity (Wildman–Crippen MR) is 54.4 cm³/mol. The van der Waals surface area contributed by atoms with Crippen LogP contribution in [0.4, 0.5) is 0 Å². The van der Waals surface area contributed by atoms with Crippen LogP contribution in [0.3, 0.4) is 0 Å². The molecule has 0 amide bonds. The largest absolute Gasteiger partial charge is 0.389 e. The number of aliphatic hydroxyl groups is 2. The quantitative estimate of drug-likeness (QED) is 0.485. The summed E-state index contributed by atoms with van der Waals surface area (Å²) in [7, 11) is 0. The maximum atomic E-state index is 9.62.